The van der Waals surface area contributed by atoms with Crippen molar-refractivity contribution < 1.29 is 23.0 Å². The van der Waals surface area contributed by atoms with Crippen LogP contribution in [0.15, 0.2) is 24.3 Å². The summed E-state index contributed by atoms with van der Waals surface area (Å²) in [6.07, 6.45) is -3.41. The third kappa shape index (κ3) is 4.58. The van der Waals surface area contributed by atoms with Crippen LogP contribution in [0.4, 0.5) is 19.1 Å². The molecule has 1 aromatic heterocycles. The maximum atomic E-state index is 13.7. The summed E-state index contributed by atoms with van der Waals surface area (Å²) in [5.41, 5.74) is -0.0650. The number of nitrogens with zero attached hydrogens (tertiary/aromatic N) is 1. The summed E-state index contributed by atoms with van der Waals surface area (Å²) in [6, 6.07) is 7.28. The number of hydrogen-bond acceptors (Lipinski definition) is 5. The molecule has 166 valence electrons. The topological polar surface area (TPSA) is 82.2 Å². The molecular formula is C21H29F3N4O2. The summed E-state index contributed by atoms with van der Waals surface area (Å²) < 4.78 is 46.2. The largest absolute Gasteiger partial charge is 0.394 e. The summed E-state index contributed by atoms with van der Waals surface area (Å²) in [5, 5.41) is 16.9. The van der Waals surface area contributed by atoms with Gasteiger partial charge in [-0.2, -0.15) is 13.2 Å². The molecular weight excluding hydrogens is 397 g/mol. The highest BCUT2D eigenvalue weighted by Crippen LogP contribution is 2.51. The Bertz CT molecular complexity index is 821. The molecule has 1 saturated carbocycles. The normalized spacial score (nSPS) is 27.6. The lowest BCUT2D eigenvalue weighted by Gasteiger charge is -2.43. The average Bonchev–Trinajstić information content (AvgIpc) is 3.06. The molecule has 0 bridgehead atoms. The number of aliphatic hydroxyl groups excluding tert-OH is 1. The predicted octanol–water partition coefficient (Wildman–Crippen LogP) is 3.80. The number of aromatic amines is 1. The third-order valence-corrected chi connectivity index (χ3v) is 6.52. The molecule has 0 amide bonds. The van der Waals surface area contributed by atoms with Crippen LogP contribution in [0.2, 0.25) is 0 Å². The molecule has 0 radical (unpaired) electrons. The van der Waals surface area contributed by atoms with Crippen LogP contribution in [0, 0.1) is 11.3 Å². The summed E-state index contributed by atoms with van der Waals surface area (Å²) in [7, 11) is 0. The molecule has 2 fully saturated rings. The monoisotopic (exact) mass is 426 g/mol. The minimum atomic E-state index is -4.24. The summed E-state index contributed by atoms with van der Waals surface area (Å²) in [6.45, 7) is 2.39. The summed E-state index contributed by atoms with van der Waals surface area (Å²) in [5.74, 6) is 0.285. The van der Waals surface area contributed by atoms with Gasteiger partial charge in [0.25, 0.3) is 0 Å². The van der Waals surface area contributed by atoms with E-state index in [0.717, 1.165) is 11.0 Å². The zero-order valence-corrected chi connectivity index (χ0v) is 17.0. The number of nitrogens with one attached hydrogen (secondary N) is 3. The molecule has 4 rings (SSSR count). The molecule has 1 aliphatic carbocycles. The molecule has 2 heterocycles. The van der Waals surface area contributed by atoms with Crippen LogP contribution in [0.3, 0.4) is 0 Å². The second kappa shape index (κ2) is 8.36. The second-order valence-corrected chi connectivity index (χ2v) is 8.92. The van der Waals surface area contributed by atoms with Gasteiger partial charge < -0.3 is 20.1 Å². The van der Waals surface area contributed by atoms with Crippen molar-refractivity contribution in [3.05, 3.63) is 24.3 Å². The first kappa shape index (κ1) is 21.4. The number of H-pyrrole nitrogens is 1. The second-order valence-electron chi connectivity index (χ2n) is 8.92. The summed E-state index contributed by atoms with van der Waals surface area (Å²) in [4.78, 5) is 7.70. The number of benzene rings is 1. The minimum absolute atomic E-state index is 0.0354. The van der Waals surface area contributed by atoms with E-state index in [1.54, 1.807) is 0 Å². The number of aliphatic hydroxyl groups is 1. The van der Waals surface area contributed by atoms with E-state index in [1.165, 1.54) is 6.92 Å². The molecule has 1 aliphatic heterocycles. The van der Waals surface area contributed by atoms with Crippen LogP contribution in [-0.2, 0) is 4.74 Å². The molecule has 1 aromatic carbocycles. The van der Waals surface area contributed by atoms with Crippen molar-refractivity contribution >= 4 is 17.0 Å². The highest BCUT2D eigenvalue weighted by Gasteiger charge is 2.53. The molecule has 3 unspecified atom stereocenters. The van der Waals surface area contributed by atoms with Gasteiger partial charge in [-0.25, -0.2) is 4.98 Å². The molecule has 1 saturated heterocycles. The number of anilines is 1. The third-order valence-electron chi connectivity index (χ3n) is 6.52. The fourth-order valence-electron chi connectivity index (χ4n) is 4.62. The zero-order chi connectivity index (χ0) is 21.4. The van der Waals surface area contributed by atoms with E-state index in [1.807, 2.05) is 24.3 Å². The van der Waals surface area contributed by atoms with Crippen LogP contribution >= 0.6 is 0 Å². The molecule has 9 heteroatoms. The number of halogens is 3. The Morgan fingerprint density at radius 3 is 2.77 bits per heavy atom. The number of para-hydroxylation sites is 2. The molecule has 30 heavy (non-hydrogen) atoms. The highest BCUT2D eigenvalue weighted by molar-refractivity contribution is 5.77. The summed E-state index contributed by atoms with van der Waals surface area (Å²) >= 11 is 0. The lowest BCUT2D eigenvalue weighted by atomic mass is 9.68. The van der Waals surface area contributed by atoms with Gasteiger partial charge in [0.2, 0.25) is 5.95 Å². The molecule has 2 aliphatic rings. The Morgan fingerprint density at radius 1 is 1.33 bits per heavy atom. The smallest absolute Gasteiger partial charge is 0.379 e. The van der Waals surface area contributed by atoms with Gasteiger partial charge in [-0.3, -0.25) is 5.32 Å². The fraction of sp³-hybridized carbons (Fsp3) is 0.667. The first-order chi connectivity index (χ1) is 14.2. The van der Waals surface area contributed by atoms with Crippen LogP contribution in [-0.4, -0.2) is 52.8 Å². The SMILES string of the molecule is C[C@]1(C(F)(F)F)CCCC(C(CC(O)NC2COC2)Nc2nc3ccccc3[nH]2)C1. The average molecular weight is 426 g/mol. The van der Waals surface area contributed by atoms with E-state index >= 15 is 0 Å². The number of alkyl halides is 3. The van der Waals surface area contributed by atoms with Gasteiger partial charge in [0.05, 0.1) is 35.7 Å². The van der Waals surface area contributed by atoms with Gasteiger partial charge in [0.15, 0.2) is 0 Å². The number of hydrogen-bond donors (Lipinski definition) is 4. The number of imidazole rings is 1. The Balaban J connectivity index is 1.52. The van der Waals surface area contributed by atoms with Crippen molar-refractivity contribution in [1.82, 2.24) is 15.3 Å². The quantitative estimate of drug-likeness (QED) is 0.507. The first-order valence-electron chi connectivity index (χ1n) is 10.5. The molecule has 2 aromatic rings. The molecule has 4 N–H and O–H groups in total. The Hall–Kier alpha value is -1.84. The predicted molar refractivity (Wildman–Crippen MR) is 108 cm³/mol. The molecule has 4 atom stereocenters. The van der Waals surface area contributed by atoms with Crippen molar-refractivity contribution in [2.45, 2.75) is 63.5 Å². The van der Waals surface area contributed by atoms with E-state index in [4.69, 9.17) is 4.74 Å². The standard InChI is InChI=1S/C21H29F3N4O2/c1-20(21(22,23)24)8-4-5-13(10-20)17(9-18(29)25-14-11-30-12-14)28-19-26-15-6-2-3-7-16(15)27-19/h2-3,6-7,13-14,17-18,25,29H,4-5,8-12H2,1H3,(H2,26,27,28)/t13?,17?,18?,20-/m0/s1. The highest BCUT2D eigenvalue weighted by atomic mass is 19.4. The lowest BCUT2D eigenvalue weighted by Crippen LogP contribution is -2.52. The van der Waals surface area contributed by atoms with Gasteiger partial charge in [-0.15, -0.1) is 0 Å². The van der Waals surface area contributed by atoms with Crippen molar-refractivity contribution in [1.29, 1.82) is 0 Å². The number of fused-ring (bicyclic) bond motifs is 1. The van der Waals surface area contributed by atoms with Gasteiger partial charge in [0, 0.05) is 12.5 Å². The van der Waals surface area contributed by atoms with Crippen molar-refractivity contribution in [2.75, 3.05) is 18.5 Å². The molecule has 6 nitrogen and oxygen atoms in total. The lowest BCUT2D eigenvalue weighted by molar-refractivity contribution is -0.232. The Labute approximate surface area is 173 Å². The van der Waals surface area contributed by atoms with Gasteiger partial charge >= 0.3 is 6.18 Å². The van der Waals surface area contributed by atoms with Crippen LogP contribution in [0.25, 0.3) is 11.0 Å². The maximum absolute atomic E-state index is 13.7. The van der Waals surface area contributed by atoms with Crippen LogP contribution in [0.5, 0.6) is 0 Å². The van der Waals surface area contributed by atoms with Gasteiger partial charge in [-0.05, 0) is 37.3 Å². The van der Waals surface area contributed by atoms with E-state index in [0.29, 0.717) is 32.0 Å². The Morgan fingerprint density at radius 2 is 2.10 bits per heavy atom. The fourth-order valence-corrected chi connectivity index (χ4v) is 4.62. The van der Waals surface area contributed by atoms with Gasteiger partial charge in [0.1, 0.15) is 6.23 Å². The Kier molecular flexibility index (Phi) is 5.96. The first-order valence-corrected chi connectivity index (χ1v) is 10.5. The van der Waals surface area contributed by atoms with Crippen molar-refractivity contribution in [2.24, 2.45) is 11.3 Å². The van der Waals surface area contributed by atoms with E-state index < -0.39 is 17.8 Å². The number of ether oxygens (including phenoxy) is 1. The minimum Gasteiger partial charge on any atom is -0.379 e. The van der Waals surface area contributed by atoms with E-state index in [2.05, 4.69) is 20.6 Å². The maximum Gasteiger partial charge on any atom is 0.394 e. The molecule has 0 spiro atoms. The van der Waals surface area contributed by atoms with Gasteiger partial charge in [-0.1, -0.05) is 25.5 Å². The van der Waals surface area contributed by atoms with E-state index in [9.17, 15) is 18.3 Å². The zero-order valence-electron chi connectivity index (χ0n) is 17.0. The van der Waals surface area contributed by atoms with Crippen LogP contribution < -0.4 is 10.6 Å². The van der Waals surface area contributed by atoms with Crippen molar-refractivity contribution in [3.63, 3.8) is 0 Å². The van der Waals surface area contributed by atoms with E-state index in [-0.39, 0.29) is 37.3 Å². The van der Waals surface area contributed by atoms with Crippen LogP contribution in [0.1, 0.15) is 39.0 Å². The van der Waals surface area contributed by atoms with Crippen molar-refractivity contribution in [3.8, 4) is 0 Å². The number of aromatic nitrogens is 2. The number of rotatable bonds is 7.